The van der Waals surface area contributed by atoms with Gasteiger partial charge in [-0.2, -0.15) is 0 Å². The molecule has 3 aromatic rings. The van der Waals surface area contributed by atoms with E-state index in [-0.39, 0.29) is 5.13 Å². The second kappa shape index (κ2) is 5.78. The van der Waals surface area contributed by atoms with Crippen molar-refractivity contribution < 1.29 is 19.2 Å². The molecule has 0 aliphatic heterocycles. The van der Waals surface area contributed by atoms with E-state index in [1.807, 2.05) is 30.3 Å². The van der Waals surface area contributed by atoms with E-state index >= 15 is 0 Å². The number of nitrogens with one attached hydrogen (secondary N) is 1. The number of amides is 1. The molecule has 22 heavy (non-hydrogen) atoms. The molecule has 8 heteroatoms. The van der Waals surface area contributed by atoms with Gasteiger partial charge in [-0.25, -0.2) is 9.78 Å². The third kappa shape index (κ3) is 2.86. The summed E-state index contributed by atoms with van der Waals surface area (Å²) in [7, 11) is 0. The first-order valence-corrected chi connectivity index (χ1v) is 7.04. The van der Waals surface area contributed by atoms with Gasteiger partial charge in [0.25, 0.3) is 0 Å². The van der Waals surface area contributed by atoms with Crippen LogP contribution in [0.25, 0.3) is 22.7 Å². The van der Waals surface area contributed by atoms with Crippen LogP contribution in [-0.2, 0) is 9.59 Å². The monoisotopic (exact) mass is 315 g/mol. The molecule has 2 N–H and O–H groups in total. The number of hydrogen-bond acceptors (Lipinski definition) is 6. The minimum Gasteiger partial charge on any atom is -0.474 e. The number of aromatic nitrogens is 2. The van der Waals surface area contributed by atoms with Gasteiger partial charge >= 0.3 is 11.9 Å². The Balaban J connectivity index is 1.81. The number of aliphatic carboxylic acids is 1. The van der Waals surface area contributed by atoms with E-state index in [4.69, 9.17) is 9.63 Å². The smallest absolute Gasteiger partial charge is 0.394 e. The summed E-state index contributed by atoms with van der Waals surface area (Å²) in [6.45, 7) is 0. The van der Waals surface area contributed by atoms with Crippen molar-refractivity contribution >= 4 is 28.3 Å². The fourth-order valence-electron chi connectivity index (χ4n) is 1.74. The van der Waals surface area contributed by atoms with Gasteiger partial charge in [-0.05, 0) is 0 Å². The maximum atomic E-state index is 11.1. The number of carboxylic acids is 1. The number of anilines is 1. The van der Waals surface area contributed by atoms with Gasteiger partial charge in [0, 0.05) is 17.0 Å². The van der Waals surface area contributed by atoms with E-state index in [0.717, 1.165) is 16.9 Å². The number of carbonyl (C=O) groups is 2. The third-order valence-corrected chi connectivity index (χ3v) is 3.51. The van der Waals surface area contributed by atoms with Gasteiger partial charge in [0.05, 0.1) is 0 Å². The van der Waals surface area contributed by atoms with Crippen molar-refractivity contribution in [3.8, 4) is 22.7 Å². The SMILES string of the molecule is O=C(O)C(=O)Nc1nc(-c2cc(-c3ccccc3)no2)cs1. The van der Waals surface area contributed by atoms with Gasteiger partial charge in [-0.15, -0.1) is 11.3 Å². The number of benzene rings is 1. The normalized spacial score (nSPS) is 10.4. The Kier molecular flexibility index (Phi) is 3.67. The highest BCUT2D eigenvalue weighted by atomic mass is 32.1. The van der Waals surface area contributed by atoms with Crippen molar-refractivity contribution in [3.05, 3.63) is 41.8 Å². The molecule has 0 atom stereocenters. The maximum Gasteiger partial charge on any atom is 0.394 e. The lowest BCUT2D eigenvalue weighted by Crippen LogP contribution is -2.21. The number of carboxylic acid groups (broad SMARTS) is 1. The molecule has 0 unspecified atom stereocenters. The molecule has 0 saturated heterocycles. The molecular weight excluding hydrogens is 306 g/mol. The number of carbonyl (C=O) groups excluding carboxylic acids is 1. The van der Waals surface area contributed by atoms with Crippen molar-refractivity contribution in [2.24, 2.45) is 0 Å². The number of nitrogens with zero attached hydrogens (tertiary/aromatic N) is 2. The Hall–Kier alpha value is -3.00. The summed E-state index contributed by atoms with van der Waals surface area (Å²) in [4.78, 5) is 25.6. The lowest BCUT2D eigenvalue weighted by Gasteiger charge is -1.94. The fraction of sp³-hybridized carbons (Fsp3) is 0. The van der Waals surface area contributed by atoms with Crippen LogP contribution in [-0.4, -0.2) is 27.1 Å². The highest BCUT2D eigenvalue weighted by Gasteiger charge is 2.16. The predicted octanol–water partition coefficient (Wildman–Crippen LogP) is 2.49. The van der Waals surface area contributed by atoms with Crippen molar-refractivity contribution in [2.45, 2.75) is 0 Å². The molecule has 0 bridgehead atoms. The van der Waals surface area contributed by atoms with Crippen LogP contribution in [0.3, 0.4) is 0 Å². The lowest BCUT2D eigenvalue weighted by atomic mass is 10.1. The maximum absolute atomic E-state index is 11.1. The molecule has 0 radical (unpaired) electrons. The summed E-state index contributed by atoms with van der Waals surface area (Å²) >= 11 is 1.10. The Morgan fingerprint density at radius 2 is 1.95 bits per heavy atom. The van der Waals surface area contributed by atoms with Gasteiger partial charge in [0.1, 0.15) is 11.4 Å². The van der Waals surface area contributed by atoms with Gasteiger partial charge in [0.15, 0.2) is 10.9 Å². The van der Waals surface area contributed by atoms with Crippen LogP contribution in [0, 0.1) is 0 Å². The molecule has 3 rings (SSSR count). The molecule has 2 heterocycles. The van der Waals surface area contributed by atoms with Gasteiger partial charge in [0.2, 0.25) is 0 Å². The molecule has 1 amide bonds. The van der Waals surface area contributed by atoms with Gasteiger partial charge < -0.3 is 9.63 Å². The molecule has 0 fully saturated rings. The highest BCUT2D eigenvalue weighted by Crippen LogP contribution is 2.28. The van der Waals surface area contributed by atoms with Crippen molar-refractivity contribution in [1.29, 1.82) is 0 Å². The zero-order chi connectivity index (χ0) is 15.5. The Bertz CT molecular complexity index is 825. The summed E-state index contributed by atoms with van der Waals surface area (Å²) in [5, 5.41) is 16.5. The zero-order valence-corrected chi connectivity index (χ0v) is 11.8. The third-order valence-electron chi connectivity index (χ3n) is 2.75. The minimum atomic E-state index is -1.57. The summed E-state index contributed by atoms with van der Waals surface area (Å²) in [6, 6.07) is 11.2. The first kappa shape index (κ1) is 14.0. The van der Waals surface area contributed by atoms with Crippen LogP contribution in [0.2, 0.25) is 0 Å². The van der Waals surface area contributed by atoms with Crippen LogP contribution in [0.1, 0.15) is 0 Å². The van der Waals surface area contributed by atoms with Crippen molar-refractivity contribution in [3.63, 3.8) is 0 Å². The zero-order valence-electron chi connectivity index (χ0n) is 11.0. The van der Waals surface area contributed by atoms with E-state index in [1.165, 1.54) is 0 Å². The minimum absolute atomic E-state index is 0.181. The van der Waals surface area contributed by atoms with E-state index < -0.39 is 11.9 Å². The molecule has 1 aromatic carbocycles. The highest BCUT2D eigenvalue weighted by molar-refractivity contribution is 7.14. The average molecular weight is 315 g/mol. The molecule has 0 spiro atoms. The molecular formula is C14H9N3O4S. The molecule has 0 aliphatic rings. The average Bonchev–Trinajstić information content (AvgIpc) is 3.16. The molecule has 2 aromatic heterocycles. The second-order valence-electron chi connectivity index (χ2n) is 4.24. The van der Waals surface area contributed by atoms with Crippen LogP contribution < -0.4 is 5.32 Å². The summed E-state index contributed by atoms with van der Waals surface area (Å²) < 4.78 is 5.24. The number of hydrogen-bond donors (Lipinski definition) is 2. The quantitative estimate of drug-likeness (QED) is 0.719. The van der Waals surface area contributed by atoms with Crippen molar-refractivity contribution in [1.82, 2.24) is 10.1 Å². The molecule has 7 nitrogen and oxygen atoms in total. The predicted molar refractivity (Wildman–Crippen MR) is 79.3 cm³/mol. The van der Waals surface area contributed by atoms with E-state index in [9.17, 15) is 9.59 Å². The standard InChI is InChI=1S/C14H9N3O4S/c18-12(13(19)20)16-14-15-10(7-22-14)11-6-9(17-21-11)8-4-2-1-3-5-8/h1-7H,(H,19,20)(H,15,16,18). The first-order chi connectivity index (χ1) is 10.6. The Morgan fingerprint density at radius 1 is 1.18 bits per heavy atom. The molecule has 0 saturated carbocycles. The van der Waals surface area contributed by atoms with Crippen LogP contribution in [0.4, 0.5) is 5.13 Å². The Morgan fingerprint density at radius 3 is 2.68 bits per heavy atom. The molecule has 110 valence electrons. The second-order valence-corrected chi connectivity index (χ2v) is 5.10. The Labute approximate surface area is 128 Å². The summed E-state index contributed by atoms with van der Waals surface area (Å²) in [6.07, 6.45) is 0. The summed E-state index contributed by atoms with van der Waals surface area (Å²) in [5.41, 5.74) is 2.05. The fourth-order valence-corrected chi connectivity index (χ4v) is 2.43. The van der Waals surface area contributed by atoms with Gasteiger partial charge in [-0.3, -0.25) is 10.1 Å². The van der Waals surface area contributed by atoms with Crippen molar-refractivity contribution in [2.75, 3.05) is 5.32 Å². The number of rotatable bonds is 3. The van der Waals surface area contributed by atoms with Crippen LogP contribution in [0.15, 0.2) is 46.3 Å². The largest absolute Gasteiger partial charge is 0.474 e. The van der Waals surface area contributed by atoms with E-state index in [1.54, 1.807) is 11.4 Å². The first-order valence-electron chi connectivity index (χ1n) is 6.16. The van der Waals surface area contributed by atoms with Crippen LogP contribution >= 0.6 is 11.3 Å². The summed E-state index contributed by atoms with van der Waals surface area (Å²) in [5.74, 6) is -2.27. The lowest BCUT2D eigenvalue weighted by molar-refractivity contribution is -0.147. The molecule has 0 aliphatic carbocycles. The topological polar surface area (TPSA) is 105 Å². The number of thiazole rings is 1. The van der Waals surface area contributed by atoms with Crippen LogP contribution in [0.5, 0.6) is 0 Å². The van der Waals surface area contributed by atoms with Gasteiger partial charge in [-0.1, -0.05) is 35.5 Å². The van der Waals surface area contributed by atoms with E-state index in [0.29, 0.717) is 17.1 Å². The van der Waals surface area contributed by atoms with E-state index in [2.05, 4.69) is 15.5 Å².